The van der Waals surface area contributed by atoms with Gasteiger partial charge in [-0.1, -0.05) is 13.8 Å². The molecule has 0 aliphatic heterocycles. The third kappa shape index (κ3) is 4.57. The lowest BCUT2D eigenvalue weighted by atomic mass is 10.0. The van der Waals surface area contributed by atoms with Gasteiger partial charge in [-0.15, -0.1) is 0 Å². The Morgan fingerprint density at radius 3 is 2.58 bits per heavy atom. The Morgan fingerprint density at radius 1 is 1.42 bits per heavy atom. The number of rotatable bonds is 5. The van der Waals surface area contributed by atoms with Gasteiger partial charge in [0, 0.05) is 5.69 Å². The van der Waals surface area contributed by atoms with Crippen LogP contribution in [0.2, 0.25) is 0 Å². The van der Waals surface area contributed by atoms with E-state index >= 15 is 0 Å². The van der Waals surface area contributed by atoms with Crippen molar-refractivity contribution in [1.29, 1.82) is 0 Å². The van der Waals surface area contributed by atoms with Gasteiger partial charge >= 0.3 is 5.97 Å². The summed E-state index contributed by atoms with van der Waals surface area (Å²) in [6.07, 6.45) is 1.59. The summed E-state index contributed by atoms with van der Waals surface area (Å²) in [7, 11) is 1.30. The van der Waals surface area contributed by atoms with Crippen LogP contribution in [0.1, 0.15) is 19.5 Å². The van der Waals surface area contributed by atoms with Gasteiger partial charge in [-0.25, -0.2) is 4.79 Å². The van der Waals surface area contributed by atoms with E-state index in [2.05, 4.69) is 15.0 Å². The fourth-order valence-electron chi connectivity index (χ4n) is 1.55. The molecule has 0 radical (unpaired) electrons. The molecular formula is C13H19N3O3. The zero-order valence-electron chi connectivity index (χ0n) is 11.3. The van der Waals surface area contributed by atoms with Crippen LogP contribution in [0, 0.1) is 5.92 Å². The molecule has 0 aliphatic carbocycles. The minimum Gasteiger partial charge on any atom is -0.467 e. The van der Waals surface area contributed by atoms with E-state index in [1.165, 1.54) is 13.3 Å². The van der Waals surface area contributed by atoms with E-state index in [9.17, 15) is 9.59 Å². The third-order valence-corrected chi connectivity index (χ3v) is 2.63. The number of methoxy groups -OCH3 is 1. The molecule has 1 aromatic heterocycles. The van der Waals surface area contributed by atoms with Crippen molar-refractivity contribution >= 4 is 17.6 Å². The number of carbonyl (C=O) groups excluding carboxylic acids is 2. The van der Waals surface area contributed by atoms with Crippen molar-refractivity contribution in [2.45, 2.75) is 26.3 Å². The monoisotopic (exact) mass is 265 g/mol. The molecule has 0 spiro atoms. The highest BCUT2D eigenvalue weighted by Crippen LogP contribution is 2.05. The highest BCUT2D eigenvalue weighted by molar-refractivity contribution is 5.85. The van der Waals surface area contributed by atoms with Gasteiger partial charge in [0.25, 0.3) is 0 Å². The fraction of sp³-hybridized carbons (Fsp3) is 0.462. The zero-order chi connectivity index (χ0) is 14.4. The van der Waals surface area contributed by atoms with Crippen molar-refractivity contribution in [3.8, 4) is 0 Å². The van der Waals surface area contributed by atoms with Crippen LogP contribution < -0.4 is 11.1 Å². The average Bonchev–Trinajstić information content (AvgIpc) is 2.37. The van der Waals surface area contributed by atoms with Crippen LogP contribution in [-0.2, 0) is 20.7 Å². The molecule has 0 saturated carbocycles. The lowest BCUT2D eigenvalue weighted by Crippen LogP contribution is -2.45. The zero-order valence-corrected chi connectivity index (χ0v) is 11.3. The van der Waals surface area contributed by atoms with Gasteiger partial charge in [-0.2, -0.15) is 0 Å². The number of pyridine rings is 1. The molecule has 1 aromatic rings. The van der Waals surface area contributed by atoms with Crippen LogP contribution in [0.15, 0.2) is 18.3 Å². The second kappa shape index (κ2) is 6.72. The SMILES string of the molecule is COC(=O)C(NC(=O)Cc1ccc(N)cn1)C(C)C. The Morgan fingerprint density at radius 2 is 2.11 bits per heavy atom. The van der Waals surface area contributed by atoms with Crippen LogP contribution in [0.3, 0.4) is 0 Å². The van der Waals surface area contributed by atoms with Crippen molar-refractivity contribution in [1.82, 2.24) is 10.3 Å². The average molecular weight is 265 g/mol. The summed E-state index contributed by atoms with van der Waals surface area (Å²) < 4.78 is 4.65. The topological polar surface area (TPSA) is 94.3 Å². The van der Waals surface area contributed by atoms with Gasteiger partial charge < -0.3 is 15.8 Å². The van der Waals surface area contributed by atoms with E-state index in [1.54, 1.807) is 12.1 Å². The molecule has 6 nitrogen and oxygen atoms in total. The second-order valence-electron chi connectivity index (χ2n) is 4.57. The summed E-state index contributed by atoms with van der Waals surface area (Å²) in [6.45, 7) is 3.67. The summed E-state index contributed by atoms with van der Waals surface area (Å²) in [5, 5.41) is 2.65. The van der Waals surface area contributed by atoms with Crippen LogP contribution in [0.4, 0.5) is 5.69 Å². The van der Waals surface area contributed by atoms with Gasteiger partial charge in [-0.3, -0.25) is 9.78 Å². The molecule has 0 fully saturated rings. The van der Waals surface area contributed by atoms with Gasteiger partial charge in [0.15, 0.2) is 0 Å². The highest BCUT2D eigenvalue weighted by atomic mass is 16.5. The number of nitrogens with one attached hydrogen (secondary N) is 1. The maximum atomic E-state index is 11.8. The number of nitrogens with two attached hydrogens (primary N) is 1. The molecule has 6 heteroatoms. The van der Waals surface area contributed by atoms with Gasteiger partial charge in [0.05, 0.1) is 25.4 Å². The molecule has 0 saturated heterocycles. The standard InChI is InChI=1S/C13H19N3O3/c1-8(2)12(13(18)19-3)16-11(17)6-10-5-4-9(14)7-15-10/h4-5,7-8,12H,6,14H2,1-3H3,(H,16,17). The van der Waals surface area contributed by atoms with Gasteiger partial charge in [0.1, 0.15) is 6.04 Å². The van der Waals surface area contributed by atoms with E-state index in [-0.39, 0.29) is 18.2 Å². The Kier molecular flexibility index (Phi) is 5.29. The number of hydrogen-bond donors (Lipinski definition) is 2. The molecule has 104 valence electrons. The van der Waals surface area contributed by atoms with Gasteiger partial charge in [0.2, 0.25) is 5.91 Å². The Balaban J connectivity index is 2.62. The number of aromatic nitrogens is 1. The Labute approximate surface area is 112 Å². The van der Waals surface area contributed by atoms with Crippen LogP contribution >= 0.6 is 0 Å². The third-order valence-electron chi connectivity index (χ3n) is 2.63. The molecule has 19 heavy (non-hydrogen) atoms. The van der Waals surface area contributed by atoms with Crippen LogP contribution in [0.25, 0.3) is 0 Å². The number of amides is 1. The van der Waals surface area contributed by atoms with Crippen LogP contribution in [-0.4, -0.2) is 30.0 Å². The summed E-state index contributed by atoms with van der Waals surface area (Å²) in [6, 6.07) is 2.71. The summed E-state index contributed by atoms with van der Waals surface area (Å²) in [5.74, 6) is -0.772. The molecule has 1 amide bonds. The number of carbonyl (C=O) groups is 2. The quantitative estimate of drug-likeness (QED) is 0.757. The van der Waals surface area contributed by atoms with E-state index in [0.29, 0.717) is 11.4 Å². The lowest BCUT2D eigenvalue weighted by Gasteiger charge is -2.19. The van der Waals surface area contributed by atoms with E-state index < -0.39 is 12.0 Å². The molecule has 0 aliphatic rings. The first-order chi connectivity index (χ1) is 8.93. The maximum Gasteiger partial charge on any atom is 0.328 e. The van der Waals surface area contributed by atoms with E-state index in [0.717, 1.165) is 0 Å². The van der Waals surface area contributed by atoms with E-state index in [4.69, 9.17) is 5.73 Å². The first kappa shape index (κ1) is 14.9. The molecular weight excluding hydrogens is 246 g/mol. The minimum atomic E-state index is -0.647. The number of esters is 1. The minimum absolute atomic E-state index is 0.0456. The predicted molar refractivity (Wildman–Crippen MR) is 71.1 cm³/mol. The second-order valence-corrected chi connectivity index (χ2v) is 4.57. The van der Waals surface area contributed by atoms with Crippen molar-refractivity contribution < 1.29 is 14.3 Å². The lowest BCUT2D eigenvalue weighted by molar-refractivity contribution is -0.146. The van der Waals surface area contributed by atoms with Crippen molar-refractivity contribution in [3.05, 3.63) is 24.0 Å². The van der Waals surface area contributed by atoms with Crippen molar-refractivity contribution in [2.75, 3.05) is 12.8 Å². The number of hydrogen-bond acceptors (Lipinski definition) is 5. The smallest absolute Gasteiger partial charge is 0.328 e. The highest BCUT2D eigenvalue weighted by Gasteiger charge is 2.24. The molecule has 1 heterocycles. The Hall–Kier alpha value is -2.11. The predicted octanol–water partition coefficient (Wildman–Crippen LogP) is 0.520. The first-order valence-corrected chi connectivity index (χ1v) is 6.01. The largest absolute Gasteiger partial charge is 0.467 e. The van der Waals surface area contributed by atoms with Gasteiger partial charge in [-0.05, 0) is 18.1 Å². The number of anilines is 1. The fourth-order valence-corrected chi connectivity index (χ4v) is 1.55. The first-order valence-electron chi connectivity index (χ1n) is 6.01. The number of nitrogen functional groups attached to an aromatic ring is 1. The normalized spacial score (nSPS) is 12.0. The molecule has 0 aromatic carbocycles. The Bertz CT molecular complexity index is 443. The molecule has 3 N–H and O–H groups in total. The van der Waals surface area contributed by atoms with E-state index in [1.807, 2.05) is 13.8 Å². The van der Waals surface area contributed by atoms with Crippen LogP contribution in [0.5, 0.6) is 0 Å². The molecule has 0 bridgehead atoms. The molecule has 1 unspecified atom stereocenters. The molecule has 1 rings (SSSR count). The summed E-state index contributed by atoms with van der Waals surface area (Å²) in [4.78, 5) is 27.4. The summed E-state index contributed by atoms with van der Waals surface area (Å²) in [5.41, 5.74) is 6.65. The number of ether oxygens (including phenoxy) is 1. The maximum absolute atomic E-state index is 11.8. The van der Waals surface area contributed by atoms with Crippen molar-refractivity contribution in [3.63, 3.8) is 0 Å². The summed E-state index contributed by atoms with van der Waals surface area (Å²) >= 11 is 0. The molecule has 1 atom stereocenters. The number of nitrogens with zero attached hydrogens (tertiary/aromatic N) is 1. The van der Waals surface area contributed by atoms with Crippen molar-refractivity contribution in [2.24, 2.45) is 5.92 Å².